The van der Waals surface area contributed by atoms with E-state index in [4.69, 9.17) is 4.74 Å². The van der Waals surface area contributed by atoms with Crippen LogP contribution in [-0.4, -0.2) is 21.8 Å². The largest absolute Gasteiger partial charge is 0.444 e. The van der Waals surface area contributed by atoms with E-state index in [0.29, 0.717) is 15.5 Å². The molecule has 1 amide bonds. The molecule has 0 aliphatic carbocycles. The molecule has 0 aliphatic heterocycles. The fourth-order valence-electron chi connectivity index (χ4n) is 3.03. The van der Waals surface area contributed by atoms with Crippen molar-refractivity contribution in [2.75, 3.05) is 5.32 Å². The number of hydrogen-bond donors (Lipinski definition) is 2. The molecule has 2 N–H and O–H groups in total. The number of ketones is 1. The van der Waals surface area contributed by atoms with Crippen molar-refractivity contribution < 1.29 is 23.1 Å². The van der Waals surface area contributed by atoms with Crippen molar-refractivity contribution in [2.45, 2.75) is 6.61 Å². The Morgan fingerprint density at radius 1 is 1.13 bits per heavy atom. The number of hydrogen-bond acceptors (Lipinski definition) is 4. The van der Waals surface area contributed by atoms with E-state index in [1.807, 2.05) is 6.07 Å². The number of rotatable bonds is 5. The Morgan fingerprint density at radius 2 is 1.90 bits per heavy atom. The minimum absolute atomic E-state index is 0.0293. The zero-order chi connectivity index (χ0) is 22.0. The number of aromatic amines is 1. The number of carbonyl (C=O) groups is 2. The molecule has 4 rings (SSSR count). The van der Waals surface area contributed by atoms with Crippen molar-refractivity contribution in [1.29, 1.82) is 0 Å². The molecular formula is C22H14BrF2N3O3. The Balaban J connectivity index is 1.59. The van der Waals surface area contributed by atoms with Crippen LogP contribution in [0.4, 0.5) is 19.3 Å². The molecule has 0 bridgehead atoms. The molecular weight excluding hydrogens is 472 g/mol. The van der Waals surface area contributed by atoms with Gasteiger partial charge in [-0.2, -0.15) is 0 Å². The second-order valence-corrected chi connectivity index (χ2v) is 7.47. The molecule has 6 nitrogen and oxygen atoms in total. The van der Waals surface area contributed by atoms with Crippen LogP contribution in [0.1, 0.15) is 21.5 Å². The topological polar surface area (TPSA) is 84.1 Å². The molecule has 4 aromatic rings. The zero-order valence-electron chi connectivity index (χ0n) is 15.8. The van der Waals surface area contributed by atoms with Gasteiger partial charge in [-0.05, 0) is 39.7 Å². The summed E-state index contributed by atoms with van der Waals surface area (Å²) < 4.78 is 35.1. The average molecular weight is 486 g/mol. The minimum atomic E-state index is -1.20. The second kappa shape index (κ2) is 8.65. The van der Waals surface area contributed by atoms with Gasteiger partial charge in [-0.3, -0.25) is 10.1 Å². The molecule has 0 saturated heterocycles. The van der Waals surface area contributed by atoms with Crippen molar-refractivity contribution in [3.05, 3.63) is 93.7 Å². The Labute approximate surface area is 183 Å². The van der Waals surface area contributed by atoms with Crippen LogP contribution >= 0.6 is 15.9 Å². The van der Waals surface area contributed by atoms with Crippen LogP contribution in [0.3, 0.4) is 0 Å². The third-order valence-electron chi connectivity index (χ3n) is 4.51. The summed E-state index contributed by atoms with van der Waals surface area (Å²) in [5.41, 5.74) is 0.0208. The molecule has 0 unspecified atom stereocenters. The quantitative estimate of drug-likeness (QED) is 0.361. The molecule has 0 atom stereocenters. The van der Waals surface area contributed by atoms with Gasteiger partial charge in [-0.1, -0.05) is 30.3 Å². The number of pyridine rings is 1. The number of nitrogens with one attached hydrogen (secondary N) is 2. The lowest BCUT2D eigenvalue weighted by Crippen LogP contribution is -2.17. The first kappa shape index (κ1) is 20.7. The summed E-state index contributed by atoms with van der Waals surface area (Å²) >= 11 is 3.26. The maximum atomic E-state index is 15.0. The Hall–Kier alpha value is -3.59. The number of halogens is 3. The monoisotopic (exact) mass is 485 g/mol. The number of ether oxygens (including phenoxy) is 1. The molecule has 2 aromatic heterocycles. The standard InChI is InChI=1S/C22H14BrF2N3O3/c23-13-8-14-15(10-27-21(14)26-9-13)20(29)18-16(24)6-7-17(19(18)25)28-22(30)31-11-12-4-2-1-3-5-12/h1-10H,11H2,(H,26,27)(H,28,30). The third kappa shape index (κ3) is 4.31. The molecule has 0 radical (unpaired) electrons. The highest BCUT2D eigenvalue weighted by Crippen LogP contribution is 2.28. The lowest BCUT2D eigenvalue weighted by atomic mass is 10.0. The summed E-state index contributed by atoms with van der Waals surface area (Å²) in [6, 6.07) is 12.5. The number of anilines is 1. The van der Waals surface area contributed by atoms with Crippen molar-refractivity contribution in [2.24, 2.45) is 0 Å². The molecule has 0 saturated carbocycles. The summed E-state index contributed by atoms with van der Waals surface area (Å²) in [4.78, 5) is 31.9. The first-order valence-corrected chi connectivity index (χ1v) is 9.86. The van der Waals surface area contributed by atoms with Crippen molar-refractivity contribution in [1.82, 2.24) is 9.97 Å². The Morgan fingerprint density at radius 3 is 2.68 bits per heavy atom. The summed E-state index contributed by atoms with van der Waals surface area (Å²) in [6.45, 7) is -0.0293. The van der Waals surface area contributed by atoms with E-state index in [-0.39, 0.29) is 17.9 Å². The number of carbonyl (C=O) groups excluding carboxylic acids is 2. The van der Waals surface area contributed by atoms with Gasteiger partial charge in [-0.25, -0.2) is 18.6 Å². The normalized spacial score (nSPS) is 10.8. The molecule has 2 aromatic carbocycles. The van der Waals surface area contributed by atoms with Crippen LogP contribution in [0.2, 0.25) is 0 Å². The molecule has 9 heteroatoms. The number of benzene rings is 2. The van der Waals surface area contributed by atoms with Gasteiger partial charge >= 0.3 is 6.09 Å². The highest BCUT2D eigenvalue weighted by molar-refractivity contribution is 9.10. The van der Waals surface area contributed by atoms with Crippen LogP contribution in [0, 0.1) is 11.6 Å². The number of H-pyrrole nitrogens is 1. The summed E-state index contributed by atoms with van der Waals surface area (Å²) in [6.07, 6.45) is 1.92. The second-order valence-electron chi connectivity index (χ2n) is 6.55. The highest BCUT2D eigenvalue weighted by atomic mass is 79.9. The first-order valence-electron chi connectivity index (χ1n) is 9.07. The summed E-state index contributed by atoms with van der Waals surface area (Å²) in [5.74, 6) is -3.13. The van der Waals surface area contributed by atoms with Crippen LogP contribution in [0.5, 0.6) is 0 Å². The van der Waals surface area contributed by atoms with Gasteiger partial charge in [0, 0.05) is 27.8 Å². The van der Waals surface area contributed by atoms with E-state index in [1.165, 1.54) is 12.4 Å². The van der Waals surface area contributed by atoms with E-state index < -0.39 is 29.1 Å². The van der Waals surface area contributed by atoms with Gasteiger partial charge in [0.2, 0.25) is 5.78 Å². The van der Waals surface area contributed by atoms with E-state index in [0.717, 1.165) is 17.7 Å². The molecule has 0 aliphatic rings. The summed E-state index contributed by atoms with van der Waals surface area (Å²) in [5, 5.41) is 2.61. The Kier molecular flexibility index (Phi) is 5.77. The molecule has 0 spiro atoms. The first-order chi connectivity index (χ1) is 14.9. The molecule has 2 heterocycles. The van der Waals surface area contributed by atoms with Crippen molar-refractivity contribution in [3.8, 4) is 0 Å². The minimum Gasteiger partial charge on any atom is -0.444 e. The molecule has 156 valence electrons. The van der Waals surface area contributed by atoms with Crippen molar-refractivity contribution >= 4 is 44.5 Å². The summed E-state index contributed by atoms with van der Waals surface area (Å²) in [7, 11) is 0. The van der Waals surface area contributed by atoms with E-state index in [1.54, 1.807) is 30.3 Å². The fraction of sp³-hybridized carbons (Fsp3) is 0.0455. The van der Waals surface area contributed by atoms with Gasteiger partial charge in [0.25, 0.3) is 0 Å². The maximum Gasteiger partial charge on any atom is 0.412 e. The number of amides is 1. The third-order valence-corrected chi connectivity index (χ3v) is 4.94. The van der Waals surface area contributed by atoms with E-state index in [2.05, 4.69) is 31.2 Å². The molecule has 0 fully saturated rings. The number of aromatic nitrogens is 2. The van der Waals surface area contributed by atoms with Crippen LogP contribution in [-0.2, 0) is 11.3 Å². The fourth-order valence-corrected chi connectivity index (χ4v) is 3.36. The predicted molar refractivity (Wildman–Crippen MR) is 114 cm³/mol. The van der Waals surface area contributed by atoms with E-state index >= 15 is 4.39 Å². The molecule has 31 heavy (non-hydrogen) atoms. The van der Waals surface area contributed by atoms with Gasteiger partial charge in [0.05, 0.1) is 11.3 Å². The number of nitrogens with zero attached hydrogens (tertiary/aromatic N) is 1. The zero-order valence-corrected chi connectivity index (χ0v) is 17.4. The van der Waals surface area contributed by atoms with Crippen molar-refractivity contribution in [3.63, 3.8) is 0 Å². The average Bonchev–Trinajstić information content (AvgIpc) is 3.18. The van der Waals surface area contributed by atoms with E-state index in [9.17, 15) is 14.0 Å². The number of fused-ring (bicyclic) bond motifs is 1. The van der Waals surface area contributed by atoms with Gasteiger partial charge in [-0.15, -0.1) is 0 Å². The van der Waals surface area contributed by atoms with Crippen LogP contribution in [0.25, 0.3) is 11.0 Å². The van der Waals surface area contributed by atoms with Gasteiger partial charge in [0.1, 0.15) is 18.1 Å². The highest BCUT2D eigenvalue weighted by Gasteiger charge is 2.25. The SMILES string of the molecule is O=C(Nc1ccc(F)c(C(=O)c2c[nH]c3ncc(Br)cc23)c1F)OCc1ccccc1. The smallest absolute Gasteiger partial charge is 0.412 e. The van der Waals surface area contributed by atoms with Crippen LogP contribution < -0.4 is 5.32 Å². The van der Waals surface area contributed by atoms with Gasteiger partial charge in [0.15, 0.2) is 5.82 Å². The van der Waals surface area contributed by atoms with Gasteiger partial charge < -0.3 is 9.72 Å². The lowest BCUT2D eigenvalue weighted by molar-refractivity contribution is 0.103. The predicted octanol–water partition coefficient (Wildman–Crippen LogP) is 5.58. The Bertz CT molecular complexity index is 1290. The lowest BCUT2D eigenvalue weighted by Gasteiger charge is -2.11. The maximum absolute atomic E-state index is 15.0. The van der Waals surface area contributed by atoms with Crippen LogP contribution in [0.15, 0.2) is 65.4 Å².